The number of nitrogens with two attached hydrogens (primary N) is 1. The molecule has 0 spiro atoms. The highest BCUT2D eigenvalue weighted by Crippen LogP contribution is 2.31. The first-order chi connectivity index (χ1) is 10.2. The molecule has 1 aliphatic heterocycles. The molecule has 1 aliphatic rings. The molecule has 0 aromatic heterocycles. The number of aliphatic imine (C=N–C) groups is 1. The molecule has 0 saturated carbocycles. The lowest BCUT2D eigenvalue weighted by molar-refractivity contribution is 0.277. The van der Waals surface area contributed by atoms with Crippen LogP contribution in [0, 0.1) is 5.92 Å². The first-order valence-electron chi connectivity index (χ1n) is 7.40. The van der Waals surface area contributed by atoms with Crippen molar-refractivity contribution in [2.45, 2.75) is 26.3 Å². The van der Waals surface area contributed by atoms with E-state index < -0.39 is 0 Å². The zero-order valence-electron chi connectivity index (χ0n) is 13.5. The van der Waals surface area contributed by atoms with Crippen LogP contribution in [0.1, 0.15) is 25.3 Å². The smallest absolute Gasteiger partial charge is 0.191 e. The van der Waals surface area contributed by atoms with Crippen LogP contribution in [0.2, 0.25) is 0 Å². The number of likely N-dealkylation sites (tertiary alicyclic amines) is 1. The molecule has 2 rings (SSSR count). The third-order valence-corrected chi connectivity index (χ3v) is 4.00. The molecule has 1 saturated heterocycles. The van der Waals surface area contributed by atoms with E-state index >= 15 is 0 Å². The van der Waals surface area contributed by atoms with Gasteiger partial charge < -0.3 is 20.1 Å². The van der Waals surface area contributed by atoms with Gasteiger partial charge in [0.1, 0.15) is 0 Å². The van der Waals surface area contributed by atoms with E-state index in [1.54, 1.807) is 14.2 Å². The Kier molecular flexibility index (Phi) is 7.78. The number of ether oxygens (including phenoxy) is 2. The highest BCUT2D eigenvalue weighted by molar-refractivity contribution is 14.0. The molecule has 22 heavy (non-hydrogen) atoms. The summed E-state index contributed by atoms with van der Waals surface area (Å²) >= 11 is 0. The maximum atomic E-state index is 6.11. The normalized spacial score (nSPS) is 16.1. The van der Waals surface area contributed by atoms with Crippen LogP contribution in [0.15, 0.2) is 23.2 Å². The average Bonchev–Trinajstić information content (AvgIpc) is 2.52. The lowest BCUT2D eigenvalue weighted by Crippen LogP contribution is -2.42. The van der Waals surface area contributed by atoms with Crippen molar-refractivity contribution in [3.05, 3.63) is 23.8 Å². The van der Waals surface area contributed by atoms with E-state index in [9.17, 15) is 0 Å². The first kappa shape index (κ1) is 18.9. The van der Waals surface area contributed by atoms with Crippen LogP contribution in [-0.4, -0.2) is 38.2 Å². The van der Waals surface area contributed by atoms with Gasteiger partial charge in [-0.3, -0.25) is 0 Å². The summed E-state index contributed by atoms with van der Waals surface area (Å²) in [5, 5.41) is 0. The van der Waals surface area contributed by atoms with Gasteiger partial charge in [0.25, 0.3) is 0 Å². The largest absolute Gasteiger partial charge is 0.493 e. The maximum Gasteiger partial charge on any atom is 0.191 e. The maximum absolute atomic E-state index is 6.11. The minimum Gasteiger partial charge on any atom is -0.493 e. The lowest BCUT2D eigenvalue weighted by atomic mass is 10.00. The number of guanidine groups is 1. The Bertz CT molecular complexity index is 500. The fraction of sp³-hybridized carbons (Fsp3) is 0.562. The van der Waals surface area contributed by atoms with E-state index in [2.05, 4.69) is 16.8 Å². The number of hydrogen-bond donors (Lipinski definition) is 1. The van der Waals surface area contributed by atoms with Crippen molar-refractivity contribution in [3.8, 4) is 11.5 Å². The van der Waals surface area contributed by atoms with Crippen LogP contribution >= 0.6 is 24.0 Å². The van der Waals surface area contributed by atoms with Crippen molar-refractivity contribution in [1.82, 2.24) is 4.90 Å². The van der Waals surface area contributed by atoms with Crippen molar-refractivity contribution in [3.63, 3.8) is 0 Å². The molecule has 1 heterocycles. The number of methoxy groups -OCH3 is 2. The lowest BCUT2D eigenvalue weighted by Gasteiger charge is -2.31. The SMILES string of the molecule is COc1cccc(CN=C(N)N2CCC(C)CC2)c1OC.I. The van der Waals surface area contributed by atoms with Gasteiger partial charge >= 0.3 is 0 Å². The second-order valence-electron chi connectivity index (χ2n) is 5.50. The van der Waals surface area contributed by atoms with Crippen molar-refractivity contribution in [1.29, 1.82) is 0 Å². The molecule has 0 unspecified atom stereocenters. The molecule has 0 bridgehead atoms. The topological polar surface area (TPSA) is 60.1 Å². The molecule has 2 N–H and O–H groups in total. The van der Waals surface area contributed by atoms with Crippen LogP contribution in [0.25, 0.3) is 0 Å². The predicted octanol–water partition coefficient (Wildman–Crippen LogP) is 2.87. The zero-order valence-corrected chi connectivity index (χ0v) is 15.9. The van der Waals surface area contributed by atoms with Crippen molar-refractivity contribution >= 4 is 29.9 Å². The van der Waals surface area contributed by atoms with Gasteiger partial charge in [-0.05, 0) is 24.8 Å². The summed E-state index contributed by atoms with van der Waals surface area (Å²) in [6, 6.07) is 5.79. The summed E-state index contributed by atoms with van der Waals surface area (Å²) in [4.78, 5) is 6.67. The Morgan fingerprint density at radius 3 is 2.55 bits per heavy atom. The zero-order chi connectivity index (χ0) is 15.2. The van der Waals surface area contributed by atoms with Gasteiger partial charge in [0.2, 0.25) is 0 Å². The van der Waals surface area contributed by atoms with E-state index in [4.69, 9.17) is 15.2 Å². The molecule has 0 aliphatic carbocycles. The van der Waals surface area contributed by atoms with E-state index in [1.165, 1.54) is 12.8 Å². The molecule has 1 aromatic rings. The van der Waals surface area contributed by atoms with E-state index in [0.29, 0.717) is 12.5 Å². The van der Waals surface area contributed by atoms with Gasteiger partial charge in [-0.1, -0.05) is 19.1 Å². The van der Waals surface area contributed by atoms with E-state index in [1.807, 2.05) is 18.2 Å². The van der Waals surface area contributed by atoms with Gasteiger partial charge in [0, 0.05) is 18.7 Å². The highest BCUT2D eigenvalue weighted by Gasteiger charge is 2.17. The number of halogens is 1. The molecule has 1 fully saturated rings. The van der Waals surface area contributed by atoms with Gasteiger partial charge in [-0.2, -0.15) is 0 Å². The number of piperidine rings is 1. The number of nitrogens with zero attached hydrogens (tertiary/aromatic N) is 2. The van der Waals surface area contributed by atoms with Crippen molar-refractivity contribution in [2.75, 3.05) is 27.3 Å². The fourth-order valence-corrected chi connectivity index (χ4v) is 2.58. The Hall–Kier alpha value is -1.18. The molecule has 0 amide bonds. The second kappa shape index (κ2) is 9.07. The summed E-state index contributed by atoms with van der Waals surface area (Å²) in [7, 11) is 3.27. The Morgan fingerprint density at radius 1 is 1.27 bits per heavy atom. The molecule has 6 heteroatoms. The summed E-state index contributed by atoms with van der Waals surface area (Å²) in [5.74, 6) is 2.85. The Labute approximate surface area is 149 Å². The number of rotatable bonds is 4. The number of para-hydroxylation sites is 1. The highest BCUT2D eigenvalue weighted by atomic mass is 127. The molecular formula is C16H26IN3O2. The molecule has 1 aromatic carbocycles. The first-order valence-corrected chi connectivity index (χ1v) is 7.40. The quantitative estimate of drug-likeness (QED) is 0.463. The molecule has 0 radical (unpaired) electrons. The fourth-order valence-electron chi connectivity index (χ4n) is 2.58. The average molecular weight is 419 g/mol. The number of benzene rings is 1. The molecular weight excluding hydrogens is 393 g/mol. The van der Waals surface area contributed by atoms with Crippen LogP contribution < -0.4 is 15.2 Å². The molecule has 5 nitrogen and oxygen atoms in total. The molecule has 124 valence electrons. The van der Waals surface area contributed by atoms with E-state index in [0.717, 1.165) is 36.1 Å². The standard InChI is InChI=1S/C16H25N3O2.HI/c1-12-7-9-19(10-8-12)16(17)18-11-13-5-4-6-14(20-2)15(13)21-3;/h4-6,12H,7-11H2,1-3H3,(H2,17,18);1H. The van der Waals surface area contributed by atoms with Crippen LogP contribution in [0.5, 0.6) is 11.5 Å². The van der Waals surface area contributed by atoms with Crippen molar-refractivity contribution in [2.24, 2.45) is 16.6 Å². The Morgan fingerprint density at radius 2 is 1.95 bits per heavy atom. The third-order valence-electron chi connectivity index (χ3n) is 4.00. The third kappa shape index (κ3) is 4.66. The van der Waals surface area contributed by atoms with E-state index in [-0.39, 0.29) is 24.0 Å². The van der Waals surface area contributed by atoms with Gasteiger partial charge in [-0.25, -0.2) is 4.99 Å². The monoisotopic (exact) mass is 419 g/mol. The minimum absolute atomic E-state index is 0. The number of hydrogen-bond acceptors (Lipinski definition) is 3. The second-order valence-corrected chi connectivity index (χ2v) is 5.50. The summed E-state index contributed by atoms with van der Waals surface area (Å²) < 4.78 is 10.7. The summed E-state index contributed by atoms with van der Waals surface area (Å²) in [6.45, 7) is 4.77. The van der Waals surface area contributed by atoms with Gasteiger partial charge in [0.05, 0.1) is 20.8 Å². The predicted molar refractivity (Wildman–Crippen MR) is 100 cm³/mol. The van der Waals surface area contributed by atoms with Crippen LogP contribution in [0.3, 0.4) is 0 Å². The minimum atomic E-state index is 0. The Balaban J connectivity index is 0.00000242. The van der Waals surface area contributed by atoms with Crippen molar-refractivity contribution < 1.29 is 9.47 Å². The van der Waals surface area contributed by atoms with Gasteiger partial charge in [0.15, 0.2) is 17.5 Å². The molecule has 0 atom stereocenters. The summed E-state index contributed by atoms with van der Waals surface area (Å²) in [6.07, 6.45) is 2.36. The van der Waals surface area contributed by atoms with Crippen LogP contribution in [-0.2, 0) is 6.54 Å². The van der Waals surface area contributed by atoms with Gasteiger partial charge in [-0.15, -0.1) is 24.0 Å². The summed E-state index contributed by atoms with van der Waals surface area (Å²) in [5.41, 5.74) is 7.08. The van der Waals surface area contributed by atoms with Crippen LogP contribution in [0.4, 0.5) is 0 Å².